The molecular weight excluding hydrogens is 456 g/mol. The number of hydrogen-bond donors (Lipinski definition) is 1. The Hall–Kier alpha value is -2.81. The second-order valence-corrected chi connectivity index (χ2v) is 9.82. The van der Waals surface area contributed by atoms with Crippen molar-refractivity contribution < 1.29 is 13.2 Å². The van der Waals surface area contributed by atoms with Crippen LogP contribution in [0.15, 0.2) is 76.4 Å². The summed E-state index contributed by atoms with van der Waals surface area (Å²) >= 11 is 7.23. The van der Waals surface area contributed by atoms with E-state index in [1.54, 1.807) is 41.0 Å². The summed E-state index contributed by atoms with van der Waals surface area (Å²) in [6.07, 6.45) is 0. The Labute approximate surface area is 188 Å². The van der Waals surface area contributed by atoms with Gasteiger partial charge in [-0.05, 0) is 61.0 Å². The van der Waals surface area contributed by atoms with Gasteiger partial charge in [0.25, 0.3) is 10.0 Å². The van der Waals surface area contributed by atoms with Crippen LogP contribution in [0.3, 0.4) is 0 Å². The van der Waals surface area contributed by atoms with Crippen molar-refractivity contribution >= 4 is 48.9 Å². The maximum Gasteiger partial charge on any atom is 0.308 e. The van der Waals surface area contributed by atoms with Gasteiger partial charge in [0.05, 0.1) is 28.3 Å². The molecule has 0 fully saturated rings. The fourth-order valence-corrected chi connectivity index (χ4v) is 5.44. The number of thiazole rings is 1. The van der Waals surface area contributed by atoms with E-state index in [9.17, 15) is 13.2 Å². The molecule has 6 nitrogen and oxygen atoms in total. The predicted octanol–water partition coefficient (Wildman–Crippen LogP) is 4.96. The van der Waals surface area contributed by atoms with Gasteiger partial charge in [-0.2, -0.15) is 0 Å². The van der Waals surface area contributed by atoms with E-state index in [4.69, 9.17) is 16.3 Å². The number of rotatable bonds is 7. The van der Waals surface area contributed by atoms with Crippen molar-refractivity contribution in [3.63, 3.8) is 0 Å². The summed E-state index contributed by atoms with van der Waals surface area (Å²) < 4.78 is 35.8. The standard InChI is InChI=1S/C22H19ClN2O4S2/c1-2-29-17-9-7-16(8-10-17)24-31(27,28)18-11-12-20-21(13-18)30-22(26)25(20)14-15-5-3-4-6-19(15)23/h3-13,24H,2,14H2,1H3. The molecule has 0 aliphatic heterocycles. The number of halogens is 1. The molecule has 0 atom stereocenters. The molecule has 0 aliphatic rings. The second kappa shape index (κ2) is 8.74. The monoisotopic (exact) mass is 474 g/mol. The van der Waals surface area contributed by atoms with Crippen molar-refractivity contribution in [3.05, 3.63) is 87.0 Å². The zero-order valence-corrected chi connectivity index (χ0v) is 18.9. The lowest BCUT2D eigenvalue weighted by molar-refractivity contribution is 0.340. The Bertz CT molecular complexity index is 1390. The lowest BCUT2D eigenvalue weighted by Crippen LogP contribution is -2.14. The molecule has 3 aromatic carbocycles. The highest BCUT2D eigenvalue weighted by Gasteiger charge is 2.17. The molecule has 0 spiro atoms. The fourth-order valence-electron chi connectivity index (χ4n) is 3.16. The van der Waals surface area contributed by atoms with E-state index in [1.807, 2.05) is 25.1 Å². The van der Waals surface area contributed by atoms with Crippen molar-refractivity contribution in [2.45, 2.75) is 18.4 Å². The summed E-state index contributed by atoms with van der Waals surface area (Å²) in [6.45, 7) is 2.72. The quantitative estimate of drug-likeness (QED) is 0.410. The third-order valence-electron chi connectivity index (χ3n) is 4.65. The minimum Gasteiger partial charge on any atom is -0.494 e. The zero-order valence-electron chi connectivity index (χ0n) is 16.5. The van der Waals surface area contributed by atoms with Gasteiger partial charge in [-0.1, -0.05) is 41.1 Å². The molecule has 160 valence electrons. The number of nitrogens with zero attached hydrogens (tertiary/aromatic N) is 1. The summed E-state index contributed by atoms with van der Waals surface area (Å²) in [6, 6.07) is 18.7. The smallest absolute Gasteiger partial charge is 0.308 e. The van der Waals surface area contributed by atoms with Crippen LogP contribution >= 0.6 is 22.9 Å². The third-order valence-corrected chi connectivity index (χ3v) is 7.34. The number of benzene rings is 3. The average Bonchev–Trinajstić information content (AvgIpc) is 3.05. The Morgan fingerprint density at radius 3 is 2.52 bits per heavy atom. The minimum absolute atomic E-state index is 0.0834. The molecule has 0 aliphatic carbocycles. The first kappa shape index (κ1) is 21.4. The Balaban J connectivity index is 1.63. The second-order valence-electron chi connectivity index (χ2n) is 6.74. The minimum atomic E-state index is -3.82. The Morgan fingerprint density at radius 1 is 1.06 bits per heavy atom. The van der Waals surface area contributed by atoms with Gasteiger partial charge in [-0.25, -0.2) is 8.42 Å². The van der Waals surface area contributed by atoms with Crippen molar-refractivity contribution in [2.24, 2.45) is 0 Å². The normalized spacial score (nSPS) is 11.5. The van der Waals surface area contributed by atoms with Crippen LogP contribution < -0.4 is 14.3 Å². The molecule has 9 heteroatoms. The van der Waals surface area contributed by atoms with Crippen LogP contribution in [-0.2, 0) is 16.6 Å². The SMILES string of the molecule is CCOc1ccc(NS(=O)(=O)c2ccc3c(c2)sc(=O)n3Cc2ccccc2Cl)cc1. The molecule has 1 heterocycles. The molecule has 4 aromatic rings. The topological polar surface area (TPSA) is 77.4 Å². The molecule has 0 saturated carbocycles. The lowest BCUT2D eigenvalue weighted by atomic mass is 10.2. The molecule has 4 rings (SSSR count). The van der Waals surface area contributed by atoms with Gasteiger partial charge in [-0.15, -0.1) is 0 Å². The van der Waals surface area contributed by atoms with Gasteiger partial charge in [0, 0.05) is 10.7 Å². The molecule has 0 amide bonds. The number of sulfonamides is 1. The largest absolute Gasteiger partial charge is 0.494 e. The van der Waals surface area contributed by atoms with Crippen LogP contribution in [0.4, 0.5) is 5.69 Å². The molecule has 0 radical (unpaired) electrons. The first-order valence-corrected chi connectivity index (χ1v) is 12.2. The van der Waals surface area contributed by atoms with Gasteiger partial charge in [0.1, 0.15) is 5.75 Å². The number of ether oxygens (including phenoxy) is 1. The van der Waals surface area contributed by atoms with Crippen molar-refractivity contribution in [2.75, 3.05) is 11.3 Å². The van der Waals surface area contributed by atoms with Crippen LogP contribution in [0, 0.1) is 0 Å². The molecule has 0 unspecified atom stereocenters. The van der Waals surface area contributed by atoms with E-state index in [0.29, 0.717) is 39.8 Å². The van der Waals surface area contributed by atoms with Crippen LogP contribution in [0.25, 0.3) is 10.2 Å². The average molecular weight is 475 g/mol. The summed E-state index contributed by atoms with van der Waals surface area (Å²) in [5.74, 6) is 0.663. The maximum atomic E-state index is 12.8. The van der Waals surface area contributed by atoms with Gasteiger partial charge in [-0.3, -0.25) is 14.1 Å². The highest BCUT2D eigenvalue weighted by atomic mass is 35.5. The molecular formula is C22H19ClN2O4S2. The first-order chi connectivity index (χ1) is 14.9. The lowest BCUT2D eigenvalue weighted by Gasteiger charge is -2.10. The van der Waals surface area contributed by atoms with E-state index in [-0.39, 0.29) is 9.77 Å². The van der Waals surface area contributed by atoms with E-state index in [2.05, 4.69) is 4.72 Å². The summed E-state index contributed by atoms with van der Waals surface area (Å²) in [5, 5.41) is 0.576. The number of aromatic nitrogens is 1. The van der Waals surface area contributed by atoms with Gasteiger partial charge < -0.3 is 4.74 Å². The third kappa shape index (κ3) is 4.61. The maximum absolute atomic E-state index is 12.8. The summed E-state index contributed by atoms with van der Waals surface area (Å²) in [7, 11) is -3.82. The van der Waals surface area contributed by atoms with Gasteiger partial charge >= 0.3 is 4.87 Å². The molecule has 1 N–H and O–H groups in total. The molecule has 31 heavy (non-hydrogen) atoms. The highest BCUT2D eigenvalue weighted by molar-refractivity contribution is 7.92. The van der Waals surface area contributed by atoms with Crippen LogP contribution in [0.5, 0.6) is 5.75 Å². The van der Waals surface area contributed by atoms with Crippen LogP contribution in [-0.4, -0.2) is 19.6 Å². The van der Waals surface area contributed by atoms with E-state index < -0.39 is 10.0 Å². The number of hydrogen-bond acceptors (Lipinski definition) is 5. The summed E-state index contributed by atoms with van der Waals surface area (Å²) in [5.41, 5.74) is 1.91. The fraction of sp³-hybridized carbons (Fsp3) is 0.136. The predicted molar refractivity (Wildman–Crippen MR) is 125 cm³/mol. The van der Waals surface area contributed by atoms with Crippen molar-refractivity contribution in [1.82, 2.24) is 4.57 Å². The van der Waals surface area contributed by atoms with Crippen molar-refractivity contribution in [1.29, 1.82) is 0 Å². The zero-order chi connectivity index (χ0) is 22.0. The Morgan fingerprint density at radius 2 is 1.81 bits per heavy atom. The molecule has 0 saturated heterocycles. The Kier molecular flexibility index (Phi) is 6.04. The highest BCUT2D eigenvalue weighted by Crippen LogP contribution is 2.26. The van der Waals surface area contributed by atoms with E-state index in [1.165, 1.54) is 12.1 Å². The van der Waals surface area contributed by atoms with E-state index >= 15 is 0 Å². The van der Waals surface area contributed by atoms with Crippen LogP contribution in [0.1, 0.15) is 12.5 Å². The molecule has 0 bridgehead atoms. The van der Waals surface area contributed by atoms with Gasteiger partial charge in [0.2, 0.25) is 0 Å². The molecule has 1 aromatic heterocycles. The van der Waals surface area contributed by atoms with Gasteiger partial charge in [0.15, 0.2) is 0 Å². The van der Waals surface area contributed by atoms with Crippen molar-refractivity contribution in [3.8, 4) is 5.75 Å². The summed E-state index contributed by atoms with van der Waals surface area (Å²) in [4.78, 5) is 12.5. The first-order valence-electron chi connectivity index (χ1n) is 9.50. The van der Waals surface area contributed by atoms with E-state index in [0.717, 1.165) is 16.9 Å². The number of nitrogens with one attached hydrogen (secondary N) is 1. The number of fused-ring (bicyclic) bond motifs is 1. The number of anilines is 1. The van der Waals surface area contributed by atoms with Crippen LogP contribution in [0.2, 0.25) is 5.02 Å².